The lowest BCUT2D eigenvalue weighted by Gasteiger charge is -2.08. The Kier molecular flexibility index (Phi) is 6.04. The van der Waals surface area contributed by atoms with E-state index in [1.54, 1.807) is 12.1 Å². The number of hydrogen-bond donors (Lipinski definition) is 3. The summed E-state index contributed by atoms with van der Waals surface area (Å²) in [5, 5.41) is 12.4. The lowest BCUT2D eigenvalue weighted by Crippen LogP contribution is -2.26. The number of rotatable bonds is 8. The van der Waals surface area contributed by atoms with Gasteiger partial charge in [-0.15, -0.1) is 0 Å². The van der Waals surface area contributed by atoms with E-state index in [-0.39, 0.29) is 11.7 Å². The van der Waals surface area contributed by atoms with Crippen molar-refractivity contribution in [1.29, 1.82) is 0 Å². The number of carbonyl (C=O) groups is 1. The van der Waals surface area contributed by atoms with Crippen LogP contribution in [0.15, 0.2) is 30.5 Å². The van der Waals surface area contributed by atoms with E-state index in [0.29, 0.717) is 23.4 Å². The summed E-state index contributed by atoms with van der Waals surface area (Å²) in [5.74, 6) is -0.252. The van der Waals surface area contributed by atoms with Gasteiger partial charge in [-0.2, -0.15) is 13.9 Å². The standard InChI is InChI=1S/C15H18F2N4O2/c1-18-6-3-7-19-14(22)12-9-20-21-13(12)10-4-2-5-11(8-10)23-15(16)17/h2,4-5,8-9,15,18H,3,6-7H2,1H3,(H,19,22)(H,20,21). The second-order valence-electron chi connectivity index (χ2n) is 4.78. The van der Waals surface area contributed by atoms with Gasteiger partial charge < -0.3 is 15.4 Å². The quantitative estimate of drug-likeness (QED) is 0.649. The molecule has 0 radical (unpaired) electrons. The molecule has 2 aromatic rings. The van der Waals surface area contributed by atoms with Crippen LogP contribution < -0.4 is 15.4 Å². The summed E-state index contributed by atoms with van der Waals surface area (Å²) >= 11 is 0. The van der Waals surface area contributed by atoms with Crippen LogP contribution in [0, 0.1) is 0 Å². The molecule has 0 aliphatic rings. The van der Waals surface area contributed by atoms with Gasteiger partial charge in [0.1, 0.15) is 5.75 Å². The maximum absolute atomic E-state index is 12.3. The number of aromatic nitrogens is 2. The van der Waals surface area contributed by atoms with Crippen LogP contribution in [0.1, 0.15) is 16.8 Å². The van der Waals surface area contributed by atoms with Crippen LogP contribution in [0.3, 0.4) is 0 Å². The van der Waals surface area contributed by atoms with E-state index < -0.39 is 6.61 Å². The molecule has 0 fully saturated rings. The van der Waals surface area contributed by atoms with Crippen molar-refractivity contribution in [2.45, 2.75) is 13.0 Å². The largest absolute Gasteiger partial charge is 0.435 e. The minimum absolute atomic E-state index is 0.0208. The maximum atomic E-state index is 12.3. The van der Waals surface area contributed by atoms with Crippen molar-refractivity contribution in [2.24, 2.45) is 0 Å². The molecule has 1 aromatic heterocycles. The lowest BCUT2D eigenvalue weighted by molar-refractivity contribution is -0.0498. The molecule has 0 atom stereocenters. The SMILES string of the molecule is CNCCCNC(=O)c1cn[nH]c1-c1cccc(OC(F)F)c1. The van der Waals surface area contributed by atoms with Gasteiger partial charge >= 0.3 is 6.61 Å². The van der Waals surface area contributed by atoms with Crippen molar-refractivity contribution in [1.82, 2.24) is 20.8 Å². The monoisotopic (exact) mass is 324 g/mol. The molecule has 0 bridgehead atoms. The number of nitrogens with zero attached hydrogens (tertiary/aromatic N) is 1. The van der Waals surface area contributed by atoms with Crippen molar-refractivity contribution in [2.75, 3.05) is 20.1 Å². The van der Waals surface area contributed by atoms with Crippen molar-refractivity contribution in [3.63, 3.8) is 0 Å². The number of amides is 1. The number of carbonyl (C=O) groups excluding carboxylic acids is 1. The van der Waals surface area contributed by atoms with Crippen molar-refractivity contribution in [3.05, 3.63) is 36.0 Å². The minimum atomic E-state index is -2.90. The van der Waals surface area contributed by atoms with Crippen LogP contribution in [-0.2, 0) is 0 Å². The summed E-state index contributed by atoms with van der Waals surface area (Å²) < 4.78 is 29.0. The van der Waals surface area contributed by atoms with E-state index in [9.17, 15) is 13.6 Å². The molecule has 0 unspecified atom stereocenters. The number of ether oxygens (including phenoxy) is 1. The molecule has 1 amide bonds. The number of nitrogens with one attached hydrogen (secondary N) is 3. The second kappa shape index (κ2) is 8.23. The molecule has 3 N–H and O–H groups in total. The highest BCUT2D eigenvalue weighted by Crippen LogP contribution is 2.25. The van der Waals surface area contributed by atoms with E-state index in [1.807, 2.05) is 7.05 Å². The number of hydrogen-bond acceptors (Lipinski definition) is 4. The zero-order chi connectivity index (χ0) is 16.7. The summed E-state index contributed by atoms with van der Waals surface area (Å²) in [7, 11) is 1.84. The molecule has 0 saturated carbocycles. The first kappa shape index (κ1) is 16.9. The topological polar surface area (TPSA) is 79.0 Å². The molecule has 6 nitrogen and oxygen atoms in total. The molecule has 8 heteroatoms. The van der Waals surface area contributed by atoms with Crippen LogP contribution in [0.4, 0.5) is 8.78 Å². The molecule has 124 valence electrons. The van der Waals surface area contributed by atoms with E-state index in [1.165, 1.54) is 18.3 Å². The van der Waals surface area contributed by atoms with Crippen LogP contribution >= 0.6 is 0 Å². The second-order valence-corrected chi connectivity index (χ2v) is 4.78. The number of benzene rings is 1. The van der Waals surface area contributed by atoms with E-state index in [0.717, 1.165) is 13.0 Å². The van der Waals surface area contributed by atoms with Gasteiger partial charge in [-0.25, -0.2) is 0 Å². The highest BCUT2D eigenvalue weighted by atomic mass is 19.3. The first-order chi connectivity index (χ1) is 11.1. The van der Waals surface area contributed by atoms with E-state index in [2.05, 4.69) is 25.6 Å². The number of alkyl halides is 2. The summed E-state index contributed by atoms with van der Waals surface area (Å²) in [6, 6.07) is 6.10. The summed E-state index contributed by atoms with van der Waals surface area (Å²) in [4.78, 5) is 12.2. The van der Waals surface area contributed by atoms with Crippen molar-refractivity contribution in [3.8, 4) is 17.0 Å². The van der Waals surface area contributed by atoms with Crippen LogP contribution in [0.25, 0.3) is 11.3 Å². The highest BCUT2D eigenvalue weighted by Gasteiger charge is 2.15. The number of halogens is 2. The molecule has 1 aromatic carbocycles. The molecular formula is C15H18F2N4O2. The average Bonchev–Trinajstić information content (AvgIpc) is 3.00. The Morgan fingerprint density at radius 2 is 2.22 bits per heavy atom. The molecule has 0 spiro atoms. The predicted octanol–water partition coefficient (Wildman–Crippen LogP) is 2.02. The predicted molar refractivity (Wildman–Crippen MR) is 81.5 cm³/mol. The molecule has 0 aliphatic carbocycles. The Morgan fingerprint density at radius 1 is 1.39 bits per heavy atom. The van der Waals surface area contributed by atoms with Crippen molar-refractivity contribution < 1.29 is 18.3 Å². The van der Waals surface area contributed by atoms with E-state index >= 15 is 0 Å². The first-order valence-electron chi connectivity index (χ1n) is 7.13. The average molecular weight is 324 g/mol. The highest BCUT2D eigenvalue weighted by molar-refractivity contribution is 5.99. The molecule has 23 heavy (non-hydrogen) atoms. The van der Waals surface area contributed by atoms with Gasteiger partial charge in [0, 0.05) is 12.1 Å². The van der Waals surface area contributed by atoms with Crippen molar-refractivity contribution >= 4 is 5.91 Å². The fraction of sp³-hybridized carbons (Fsp3) is 0.333. The molecule has 2 rings (SSSR count). The molecular weight excluding hydrogens is 306 g/mol. The van der Waals surface area contributed by atoms with Gasteiger partial charge in [-0.1, -0.05) is 12.1 Å². The Bertz CT molecular complexity index is 646. The van der Waals surface area contributed by atoms with Gasteiger partial charge in [0.25, 0.3) is 5.91 Å². The normalized spacial score (nSPS) is 10.8. The third kappa shape index (κ3) is 4.75. The number of aromatic amines is 1. The maximum Gasteiger partial charge on any atom is 0.387 e. The summed E-state index contributed by atoms with van der Waals surface area (Å²) in [6.07, 6.45) is 2.20. The van der Waals surface area contributed by atoms with Gasteiger partial charge in [-0.3, -0.25) is 9.89 Å². The zero-order valence-corrected chi connectivity index (χ0v) is 12.6. The van der Waals surface area contributed by atoms with Crippen LogP contribution in [0.2, 0.25) is 0 Å². The Balaban J connectivity index is 2.12. The Hall–Kier alpha value is -2.48. The fourth-order valence-corrected chi connectivity index (χ4v) is 2.07. The van der Waals surface area contributed by atoms with Gasteiger partial charge in [0.2, 0.25) is 0 Å². The van der Waals surface area contributed by atoms with Crippen LogP contribution in [0.5, 0.6) is 5.75 Å². The minimum Gasteiger partial charge on any atom is -0.435 e. The van der Waals surface area contributed by atoms with Gasteiger partial charge in [-0.05, 0) is 32.1 Å². The van der Waals surface area contributed by atoms with Crippen LogP contribution in [-0.4, -0.2) is 42.9 Å². The van der Waals surface area contributed by atoms with Gasteiger partial charge in [0.05, 0.1) is 17.5 Å². The lowest BCUT2D eigenvalue weighted by atomic mass is 10.1. The zero-order valence-electron chi connectivity index (χ0n) is 12.6. The Morgan fingerprint density at radius 3 is 2.96 bits per heavy atom. The smallest absolute Gasteiger partial charge is 0.387 e. The fourth-order valence-electron chi connectivity index (χ4n) is 2.07. The third-order valence-electron chi connectivity index (χ3n) is 3.12. The summed E-state index contributed by atoms with van der Waals surface area (Å²) in [5.41, 5.74) is 1.35. The molecule has 0 aliphatic heterocycles. The first-order valence-corrected chi connectivity index (χ1v) is 7.13. The van der Waals surface area contributed by atoms with Gasteiger partial charge in [0.15, 0.2) is 0 Å². The van der Waals surface area contributed by atoms with E-state index in [4.69, 9.17) is 0 Å². The Labute approximate surface area is 132 Å². The number of H-pyrrole nitrogens is 1. The molecule has 1 heterocycles. The molecule has 0 saturated heterocycles. The third-order valence-corrected chi connectivity index (χ3v) is 3.12. The summed E-state index contributed by atoms with van der Waals surface area (Å²) in [6.45, 7) is -1.58.